The van der Waals surface area contributed by atoms with Crippen LogP contribution in [0.15, 0.2) is 29.4 Å². The van der Waals surface area contributed by atoms with Crippen molar-refractivity contribution in [1.29, 1.82) is 0 Å². The van der Waals surface area contributed by atoms with E-state index in [2.05, 4.69) is 10.0 Å². The van der Waals surface area contributed by atoms with Crippen molar-refractivity contribution >= 4 is 6.08 Å². The number of fused-ring (bicyclic) bond motifs is 1. The Morgan fingerprint density at radius 3 is 2.94 bits per heavy atom. The lowest BCUT2D eigenvalue weighted by atomic mass is 10.2. The SMILES string of the molecule is [N-]=[N+]=NCCC=Cc1ccc2c(c1)OCCCO2. The van der Waals surface area contributed by atoms with Crippen LogP contribution in [0.4, 0.5) is 0 Å². The second kappa shape index (κ2) is 6.57. The Labute approximate surface area is 106 Å². The number of rotatable bonds is 4. The summed E-state index contributed by atoms with van der Waals surface area (Å²) in [5, 5.41) is 3.47. The second-order valence-corrected chi connectivity index (χ2v) is 3.90. The maximum atomic E-state index is 8.15. The Balaban J connectivity index is 2.01. The summed E-state index contributed by atoms with van der Waals surface area (Å²) in [7, 11) is 0. The Kier molecular flexibility index (Phi) is 4.50. The zero-order valence-electron chi connectivity index (χ0n) is 10.1. The summed E-state index contributed by atoms with van der Waals surface area (Å²) < 4.78 is 11.2. The van der Waals surface area contributed by atoms with Gasteiger partial charge < -0.3 is 9.47 Å². The van der Waals surface area contributed by atoms with Gasteiger partial charge in [0.15, 0.2) is 11.5 Å². The lowest BCUT2D eigenvalue weighted by Gasteiger charge is -2.07. The minimum atomic E-state index is 0.484. The molecule has 0 bridgehead atoms. The van der Waals surface area contributed by atoms with Crippen LogP contribution in [0, 0.1) is 0 Å². The van der Waals surface area contributed by atoms with E-state index in [9.17, 15) is 0 Å². The van der Waals surface area contributed by atoms with Crippen molar-refractivity contribution in [2.24, 2.45) is 5.11 Å². The second-order valence-electron chi connectivity index (χ2n) is 3.90. The third-order valence-corrected chi connectivity index (χ3v) is 2.54. The number of ether oxygens (including phenoxy) is 2. The van der Waals surface area contributed by atoms with Crippen LogP contribution in [0.1, 0.15) is 18.4 Å². The molecule has 1 aliphatic heterocycles. The fraction of sp³-hybridized carbons (Fsp3) is 0.385. The van der Waals surface area contributed by atoms with Gasteiger partial charge in [-0.15, -0.1) is 0 Å². The molecule has 18 heavy (non-hydrogen) atoms. The van der Waals surface area contributed by atoms with Gasteiger partial charge >= 0.3 is 0 Å². The molecule has 1 aromatic carbocycles. The fourth-order valence-electron chi connectivity index (χ4n) is 1.68. The molecule has 5 heteroatoms. The number of benzene rings is 1. The standard InChI is InChI=1S/C13H15N3O2/c14-16-15-7-2-1-4-11-5-6-12-13(10-11)18-9-3-8-17-12/h1,4-6,10H,2-3,7-9H2. The average Bonchev–Trinajstić information content (AvgIpc) is 2.63. The first kappa shape index (κ1) is 12.3. The van der Waals surface area contributed by atoms with E-state index in [1.807, 2.05) is 30.4 Å². The van der Waals surface area contributed by atoms with Gasteiger partial charge in [-0.3, -0.25) is 0 Å². The van der Waals surface area contributed by atoms with Crippen molar-refractivity contribution in [2.45, 2.75) is 12.8 Å². The number of nitrogens with zero attached hydrogens (tertiary/aromatic N) is 3. The van der Waals surface area contributed by atoms with Gasteiger partial charge in [0.2, 0.25) is 0 Å². The molecular formula is C13H15N3O2. The molecule has 94 valence electrons. The Bertz CT molecular complexity index is 479. The topological polar surface area (TPSA) is 67.2 Å². The van der Waals surface area contributed by atoms with Crippen LogP contribution in [-0.2, 0) is 0 Å². The van der Waals surface area contributed by atoms with E-state index in [0.717, 1.165) is 29.9 Å². The van der Waals surface area contributed by atoms with Crippen LogP contribution in [0.3, 0.4) is 0 Å². The van der Waals surface area contributed by atoms with Crippen molar-refractivity contribution in [3.8, 4) is 11.5 Å². The quantitative estimate of drug-likeness (QED) is 0.352. The first-order valence-electron chi connectivity index (χ1n) is 5.97. The minimum Gasteiger partial charge on any atom is -0.490 e. The molecule has 0 aliphatic carbocycles. The number of hydrogen-bond acceptors (Lipinski definition) is 3. The van der Waals surface area contributed by atoms with Gasteiger partial charge in [0.25, 0.3) is 0 Å². The molecule has 0 amide bonds. The van der Waals surface area contributed by atoms with Gasteiger partial charge in [-0.25, -0.2) is 0 Å². The van der Waals surface area contributed by atoms with Gasteiger partial charge in [0, 0.05) is 17.9 Å². The summed E-state index contributed by atoms with van der Waals surface area (Å²) >= 11 is 0. The average molecular weight is 245 g/mol. The fourth-order valence-corrected chi connectivity index (χ4v) is 1.68. The molecule has 0 unspecified atom stereocenters. The Morgan fingerprint density at radius 2 is 2.11 bits per heavy atom. The molecule has 0 saturated heterocycles. The predicted molar refractivity (Wildman–Crippen MR) is 69.7 cm³/mol. The molecule has 0 N–H and O–H groups in total. The molecule has 5 nitrogen and oxygen atoms in total. The molecule has 0 fully saturated rings. The predicted octanol–water partition coefficient (Wildman–Crippen LogP) is 3.56. The van der Waals surface area contributed by atoms with E-state index in [1.165, 1.54) is 0 Å². The maximum Gasteiger partial charge on any atom is 0.161 e. The highest BCUT2D eigenvalue weighted by atomic mass is 16.5. The maximum absolute atomic E-state index is 8.15. The highest BCUT2D eigenvalue weighted by molar-refractivity contribution is 5.56. The van der Waals surface area contributed by atoms with Crippen LogP contribution in [0.2, 0.25) is 0 Å². The summed E-state index contributed by atoms with van der Waals surface area (Å²) in [5.74, 6) is 1.60. The zero-order chi connectivity index (χ0) is 12.6. The molecule has 0 radical (unpaired) electrons. The smallest absolute Gasteiger partial charge is 0.161 e. The monoisotopic (exact) mass is 245 g/mol. The molecule has 0 spiro atoms. The summed E-state index contributed by atoms with van der Waals surface area (Å²) in [5.41, 5.74) is 9.20. The van der Waals surface area contributed by atoms with Crippen molar-refractivity contribution < 1.29 is 9.47 Å². The van der Waals surface area contributed by atoms with Crippen LogP contribution in [0.5, 0.6) is 11.5 Å². The van der Waals surface area contributed by atoms with Crippen molar-refractivity contribution in [3.05, 3.63) is 40.3 Å². The van der Waals surface area contributed by atoms with Gasteiger partial charge in [0.05, 0.1) is 13.2 Å². The molecule has 0 saturated carbocycles. The van der Waals surface area contributed by atoms with E-state index in [1.54, 1.807) is 0 Å². The van der Waals surface area contributed by atoms with E-state index in [-0.39, 0.29) is 0 Å². The normalized spacial score (nSPS) is 14.0. The molecule has 1 aliphatic rings. The van der Waals surface area contributed by atoms with Gasteiger partial charge in [0.1, 0.15) is 0 Å². The Hall–Kier alpha value is -2.13. The highest BCUT2D eigenvalue weighted by Crippen LogP contribution is 2.30. The Morgan fingerprint density at radius 1 is 1.28 bits per heavy atom. The lowest BCUT2D eigenvalue weighted by molar-refractivity contribution is 0.297. The third kappa shape index (κ3) is 3.43. The molecule has 0 atom stereocenters. The number of azide groups is 1. The zero-order valence-corrected chi connectivity index (χ0v) is 10.1. The van der Waals surface area contributed by atoms with Gasteiger partial charge in [-0.05, 0) is 29.6 Å². The van der Waals surface area contributed by atoms with E-state index in [0.29, 0.717) is 19.8 Å². The van der Waals surface area contributed by atoms with Crippen molar-refractivity contribution in [1.82, 2.24) is 0 Å². The first-order chi connectivity index (χ1) is 8.90. The lowest BCUT2D eigenvalue weighted by Crippen LogP contribution is -1.97. The molecule has 2 rings (SSSR count). The van der Waals surface area contributed by atoms with Crippen molar-refractivity contribution in [2.75, 3.05) is 19.8 Å². The van der Waals surface area contributed by atoms with Crippen LogP contribution >= 0.6 is 0 Å². The van der Waals surface area contributed by atoms with Gasteiger partial charge in [-0.1, -0.05) is 23.3 Å². The summed E-state index contributed by atoms with van der Waals surface area (Å²) in [6.07, 6.45) is 5.61. The highest BCUT2D eigenvalue weighted by Gasteiger charge is 2.09. The minimum absolute atomic E-state index is 0.484. The van der Waals surface area contributed by atoms with Gasteiger partial charge in [-0.2, -0.15) is 0 Å². The van der Waals surface area contributed by atoms with Crippen LogP contribution < -0.4 is 9.47 Å². The van der Waals surface area contributed by atoms with Crippen LogP contribution in [0.25, 0.3) is 16.5 Å². The van der Waals surface area contributed by atoms with E-state index in [4.69, 9.17) is 15.0 Å². The van der Waals surface area contributed by atoms with E-state index < -0.39 is 0 Å². The summed E-state index contributed by atoms with van der Waals surface area (Å²) in [6, 6.07) is 5.87. The third-order valence-electron chi connectivity index (χ3n) is 2.54. The number of hydrogen-bond donors (Lipinski definition) is 0. The first-order valence-corrected chi connectivity index (χ1v) is 5.97. The van der Waals surface area contributed by atoms with Crippen molar-refractivity contribution in [3.63, 3.8) is 0 Å². The van der Waals surface area contributed by atoms with Crippen LogP contribution in [-0.4, -0.2) is 19.8 Å². The molecule has 1 aromatic rings. The van der Waals surface area contributed by atoms with E-state index >= 15 is 0 Å². The molecule has 0 aromatic heterocycles. The largest absolute Gasteiger partial charge is 0.490 e. The molecule has 1 heterocycles. The molecular weight excluding hydrogens is 230 g/mol. The summed E-state index contributed by atoms with van der Waals surface area (Å²) in [4.78, 5) is 2.70. The summed E-state index contributed by atoms with van der Waals surface area (Å²) in [6.45, 7) is 1.88.